The van der Waals surface area contributed by atoms with Gasteiger partial charge in [-0.25, -0.2) is 0 Å². The third-order valence-electron chi connectivity index (χ3n) is 13.6. The summed E-state index contributed by atoms with van der Waals surface area (Å²) in [6.45, 7) is 15.2. The van der Waals surface area contributed by atoms with Crippen LogP contribution in [0.2, 0.25) is 0 Å². The minimum absolute atomic E-state index is 0.0501. The standard InChI is InChI=1S/C35H48N2O3/c1-22-24-10-11-33(5)27(32(24,4)19-23(21-36)29(22)39)18-26(38)28-25-20-31(2,3)12-14-35(25,15-13-34(28,33)6)30(40)37-16-8-7-9-17-37/h18-19,22,24-25,28H,7-17,20H2,1-6H3/t22-,24-,25-,28-,32-,33+,34+,35-/m0/s1. The lowest BCUT2D eigenvalue weighted by atomic mass is 9.34. The molecular formula is C35H48N2O3. The average molecular weight is 545 g/mol. The lowest BCUT2D eigenvalue weighted by molar-refractivity contribution is -0.184. The van der Waals surface area contributed by atoms with E-state index in [4.69, 9.17) is 0 Å². The number of fused-ring (bicyclic) bond motifs is 7. The van der Waals surface area contributed by atoms with Crippen molar-refractivity contribution >= 4 is 17.5 Å². The van der Waals surface area contributed by atoms with Gasteiger partial charge in [0.25, 0.3) is 0 Å². The van der Waals surface area contributed by atoms with E-state index in [9.17, 15) is 19.6 Å². The van der Waals surface area contributed by atoms with Crippen molar-refractivity contribution in [1.82, 2.24) is 4.90 Å². The zero-order valence-corrected chi connectivity index (χ0v) is 25.6. The average Bonchev–Trinajstić information content (AvgIpc) is 2.92. The molecule has 6 aliphatic rings. The van der Waals surface area contributed by atoms with E-state index in [1.165, 1.54) is 6.42 Å². The van der Waals surface area contributed by atoms with Gasteiger partial charge in [0.15, 0.2) is 11.6 Å². The molecule has 3 saturated carbocycles. The van der Waals surface area contributed by atoms with E-state index in [0.29, 0.717) is 5.91 Å². The molecule has 8 atom stereocenters. The zero-order chi connectivity index (χ0) is 28.9. The molecule has 1 heterocycles. The Morgan fingerprint density at radius 1 is 0.950 bits per heavy atom. The normalized spacial score (nSPS) is 46.1. The summed E-state index contributed by atoms with van der Waals surface area (Å²) in [5, 5.41) is 9.84. The minimum atomic E-state index is -0.487. The molecule has 6 rings (SSSR count). The fourth-order valence-corrected chi connectivity index (χ4v) is 11.0. The molecule has 0 N–H and O–H groups in total. The van der Waals surface area contributed by atoms with Crippen LogP contribution >= 0.6 is 0 Å². The number of hydrogen-bond donors (Lipinski definition) is 0. The first kappa shape index (κ1) is 27.9. The molecular weight excluding hydrogens is 496 g/mol. The summed E-state index contributed by atoms with van der Waals surface area (Å²) < 4.78 is 0. The van der Waals surface area contributed by atoms with E-state index in [0.717, 1.165) is 76.5 Å². The first-order valence-electron chi connectivity index (χ1n) is 16.0. The Bertz CT molecular complexity index is 1260. The molecule has 4 fully saturated rings. The van der Waals surface area contributed by atoms with E-state index in [1.807, 2.05) is 19.1 Å². The molecule has 5 heteroatoms. The Hall–Kier alpha value is -2.22. The highest BCUT2D eigenvalue weighted by Crippen LogP contribution is 2.74. The summed E-state index contributed by atoms with van der Waals surface area (Å²) in [5.41, 5.74) is 0.0749. The van der Waals surface area contributed by atoms with Crippen molar-refractivity contribution in [2.75, 3.05) is 13.1 Å². The largest absolute Gasteiger partial charge is 0.342 e. The molecule has 1 saturated heterocycles. The van der Waals surface area contributed by atoms with Gasteiger partial charge in [0.2, 0.25) is 5.91 Å². The molecule has 0 bridgehead atoms. The van der Waals surface area contributed by atoms with Gasteiger partial charge in [-0.05, 0) is 98.4 Å². The second kappa shape index (κ2) is 8.89. The van der Waals surface area contributed by atoms with Crippen molar-refractivity contribution in [3.05, 3.63) is 23.3 Å². The van der Waals surface area contributed by atoms with Crippen LogP contribution in [0.25, 0.3) is 0 Å². The summed E-state index contributed by atoms with van der Waals surface area (Å²) in [6.07, 6.45) is 13.7. The van der Waals surface area contributed by atoms with Gasteiger partial charge < -0.3 is 4.90 Å². The lowest BCUT2D eigenvalue weighted by Gasteiger charge is -2.68. The molecule has 0 aromatic rings. The third kappa shape index (κ3) is 3.53. The monoisotopic (exact) mass is 544 g/mol. The SMILES string of the molecule is C[C@@H]1C(=O)C(C#N)=C[C@]2(C)C3=CC(=O)[C@@H]4[C@@H]5CC(C)(C)CC[C@]5(C(=O)N5CCCCC5)CC[C@@]4(C)[C@]3(C)CC[C@@H]12. The number of nitriles is 1. The fourth-order valence-electron chi connectivity index (χ4n) is 11.0. The van der Waals surface area contributed by atoms with Crippen molar-refractivity contribution in [3.63, 3.8) is 0 Å². The second-order valence-corrected chi connectivity index (χ2v) is 15.9. The van der Waals surface area contributed by atoms with Crippen LogP contribution in [0.15, 0.2) is 23.3 Å². The predicted molar refractivity (Wildman–Crippen MR) is 155 cm³/mol. The highest BCUT2D eigenvalue weighted by molar-refractivity contribution is 6.02. The molecule has 1 aliphatic heterocycles. The minimum Gasteiger partial charge on any atom is -0.342 e. The number of hydrogen-bond acceptors (Lipinski definition) is 4. The lowest BCUT2D eigenvalue weighted by Crippen LogP contribution is -2.66. The Balaban J connectivity index is 1.48. The van der Waals surface area contributed by atoms with Gasteiger partial charge >= 0.3 is 0 Å². The van der Waals surface area contributed by atoms with E-state index >= 15 is 0 Å². The second-order valence-electron chi connectivity index (χ2n) is 15.9. The Labute approximate surface area is 240 Å². The van der Waals surface area contributed by atoms with Crippen LogP contribution in [0.5, 0.6) is 0 Å². The fraction of sp³-hybridized carbons (Fsp3) is 0.771. The summed E-state index contributed by atoms with van der Waals surface area (Å²) in [6, 6.07) is 2.18. The van der Waals surface area contributed by atoms with E-state index < -0.39 is 10.8 Å². The maximum atomic E-state index is 14.6. The number of Topliss-reactive ketones (excluding diaryl/α,β-unsaturated/α-hetero) is 1. The Morgan fingerprint density at radius 3 is 2.30 bits per heavy atom. The van der Waals surface area contributed by atoms with Crippen molar-refractivity contribution in [2.45, 2.75) is 106 Å². The van der Waals surface area contributed by atoms with Crippen LogP contribution in [0.4, 0.5) is 0 Å². The highest BCUT2D eigenvalue weighted by Gasteiger charge is 2.70. The first-order valence-corrected chi connectivity index (χ1v) is 16.0. The molecule has 1 amide bonds. The first-order chi connectivity index (χ1) is 18.7. The van der Waals surface area contributed by atoms with Crippen LogP contribution in [0, 0.1) is 62.1 Å². The summed E-state index contributed by atoms with van der Waals surface area (Å²) in [7, 11) is 0. The number of carbonyl (C=O) groups is 3. The van der Waals surface area contributed by atoms with Gasteiger partial charge in [0, 0.05) is 30.3 Å². The number of allylic oxidation sites excluding steroid dienone is 4. The van der Waals surface area contributed by atoms with Crippen molar-refractivity contribution in [3.8, 4) is 6.07 Å². The van der Waals surface area contributed by atoms with Gasteiger partial charge in [-0.1, -0.05) is 53.2 Å². The van der Waals surface area contributed by atoms with Crippen molar-refractivity contribution in [2.24, 2.45) is 50.7 Å². The van der Waals surface area contributed by atoms with E-state index in [2.05, 4.69) is 45.6 Å². The molecule has 216 valence electrons. The molecule has 0 unspecified atom stereocenters. The number of carbonyl (C=O) groups excluding carboxylic acids is 3. The number of nitrogens with zero attached hydrogens (tertiary/aromatic N) is 2. The topological polar surface area (TPSA) is 78.2 Å². The highest BCUT2D eigenvalue weighted by atomic mass is 16.2. The predicted octanol–water partition coefficient (Wildman–Crippen LogP) is 6.83. The maximum absolute atomic E-state index is 14.6. The number of amides is 1. The molecule has 40 heavy (non-hydrogen) atoms. The third-order valence-corrected chi connectivity index (χ3v) is 13.6. The number of rotatable bonds is 1. The zero-order valence-electron chi connectivity index (χ0n) is 25.6. The van der Waals surface area contributed by atoms with Gasteiger partial charge in [-0.3, -0.25) is 14.4 Å². The number of likely N-dealkylation sites (tertiary alicyclic amines) is 1. The molecule has 5 aliphatic carbocycles. The van der Waals surface area contributed by atoms with Crippen molar-refractivity contribution < 1.29 is 14.4 Å². The molecule has 0 aromatic carbocycles. The maximum Gasteiger partial charge on any atom is 0.229 e. The van der Waals surface area contributed by atoms with Gasteiger partial charge in [0.05, 0.1) is 11.0 Å². The van der Waals surface area contributed by atoms with Crippen LogP contribution in [-0.2, 0) is 14.4 Å². The smallest absolute Gasteiger partial charge is 0.229 e. The van der Waals surface area contributed by atoms with Gasteiger partial charge in [-0.15, -0.1) is 0 Å². The summed E-state index contributed by atoms with van der Waals surface area (Å²) in [5.74, 6) is 0.214. The number of piperidine rings is 1. The van der Waals surface area contributed by atoms with Gasteiger partial charge in [-0.2, -0.15) is 5.26 Å². The molecule has 0 spiro atoms. The summed E-state index contributed by atoms with van der Waals surface area (Å²) >= 11 is 0. The van der Waals surface area contributed by atoms with Gasteiger partial charge in [0.1, 0.15) is 6.07 Å². The number of ketones is 2. The van der Waals surface area contributed by atoms with Crippen LogP contribution in [0.3, 0.4) is 0 Å². The van der Waals surface area contributed by atoms with Crippen LogP contribution in [-0.4, -0.2) is 35.5 Å². The molecule has 0 aromatic heterocycles. The van der Waals surface area contributed by atoms with Crippen molar-refractivity contribution in [1.29, 1.82) is 5.26 Å². The van der Waals surface area contributed by atoms with Crippen LogP contribution < -0.4 is 0 Å². The molecule has 0 radical (unpaired) electrons. The Kier molecular flexibility index (Phi) is 6.21. The summed E-state index contributed by atoms with van der Waals surface area (Å²) in [4.78, 5) is 44.2. The van der Waals surface area contributed by atoms with E-state index in [1.54, 1.807) is 0 Å². The van der Waals surface area contributed by atoms with Crippen LogP contribution in [0.1, 0.15) is 106 Å². The Morgan fingerprint density at radius 2 is 1.62 bits per heavy atom. The quantitative estimate of drug-likeness (QED) is 0.362. The van der Waals surface area contributed by atoms with E-state index in [-0.39, 0.29) is 57.1 Å². The molecule has 5 nitrogen and oxygen atoms in total.